The third-order valence-corrected chi connectivity index (χ3v) is 11.6. The molecular formula is C53H34N4O. The zero-order chi connectivity index (χ0) is 38.2. The van der Waals surface area contributed by atoms with Gasteiger partial charge in [-0.05, 0) is 80.7 Å². The topological polar surface area (TPSA) is 54.8 Å². The Morgan fingerprint density at radius 2 is 1.17 bits per heavy atom. The number of aromatic nitrogens is 1. The zero-order valence-electron chi connectivity index (χ0n) is 31.3. The lowest BCUT2D eigenvalue weighted by molar-refractivity contribution is 0.659. The molecule has 0 saturated carbocycles. The van der Waals surface area contributed by atoms with Gasteiger partial charge in [-0.15, -0.1) is 0 Å². The number of amidine groups is 2. The molecule has 0 aliphatic carbocycles. The number of hydrogen-bond acceptors (Lipinski definition) is 4. The number of benzene rings is 9. The number of furan rings is 1. The minimum Gasteiger partial charge on any atom is -0.455 e. The molecule has 0 fully saturated rings. The van der Waals surface area contributed by atoms with Gasteiger partial charge in [-0.3, -0.25) is 0 Å². The van der Waals surface area contributed by atoms with Crippen LogP contribution in [0.3, 0.4) is 0 Å². The first-order valence-electron chi connectivity index (χ1n) is 19.7. The van der Waals surface area contributed by atoms with Crippen LogP contribution < -0.4 is 5.32 Å². The van der Waals surface area contributed by atoms with E-state index < -0.39 is 0 Å². The maximum atomic E-state index is 6.94. The summed E-state index contributed by atoms with van der Waals surface area (Å²) in [5, 5.41) is 13.0. The summed E-state index contributed by atoms with van der Waals surface area (Å²) in [7, 11) is 0. The minimum absolute atomic E-state index is 0.382. The molecule has 1 unspecified atom stereocenters. The number of fused-ring (bicyclic) bond motifs is 9. The molecule has 9 aromatic carbocycles. The van der Waals surface area contributed by atoms with Crippen LogP contribution in [0.2, 0.25) is 0 Å². The summed E-state index contributed by atoms with van der Waals surface area (Å²) >= 11 is 0. The summed E-state index contributed by atoms with van der Waals surface area (Å²) < 4.78 is 9.34. The van der Waals surface area contributed by atoms with Crippen molar-refractivity contribution in [1.82, 2.24) is 9.88 Å². The highest BCUT2D eigenvalue weighted by Crippen LogP contribution is 2.41. The molecule has 2 aromatic heterocycles. The molecular weight excluding hydrogens is 709 g/mol. The highest BCUT2D eigenvalue weighted by Gasteiger charge is 2.26. The number of rotatable bonds is 5. The Balaban J connectivity index is 1.15. The summed E-state index contributed by atoms with van der Waals surface area (Å²) in [4.78, 5) is 10.7. The van der Waals surface area contributed by atoms with Crippen molar-refractivity contribution in [2.45, 2.75) is 6.17 Å². The Labute approximate surface area is 333 Å². The lowest BCUT2D eigenvalue weighted by Gasteiger charge is -2.24. The number of hydrogen-bond donors (Lipinski definition) is 1. The van der Waals surface area contributed by atoms with Crippen molar-refractivity contribution in [3.05, 3.63) is 211 Å². The van der Waals surface area contributed by atoms with Crippen LogP contribution in [0.4, 0.5) is 0 Å². The average molecular weight is 743 g/mol. The van der Waals surface area contributed by atoms with E-state index in [1.807, 2.05) is 12.1 Å². The quantitative estimate of drug-likeness (QED) is 0.191. The molecule has 0 spiro atoms. The molecule has 1 aliphatic heterocycles. The minimum atomic E-state index is -0.382. The van der Waals surface area contributed by atoms with E-state index in [9.17, 15) is 0 Å². The van der Waals surface area contributed by atoms with Gasteiger partial charge in [0.15, 0.2) is 5.84 Å². The lowest BCUT2D eigenvalue weighted by Crippen LogP contribution is -2.33. The number of para-hydroxylation sites is 1. The Morgan fingerprint density at radius 1 is 0.483 bits per heavy atom. The largest absolute Gasteiger partial charge is 0.455 e. The molecule has 0 bridgehead atoms. The molecule has 3 heterocycles. The predicted molar refractivity (Wildman–Crippen MR) is 240 cm³/mol. The molecule has 1 N–H and O–H groups in total. The second-order valence-electron chi connectivity index (χ2n) is 15.0. The third kappa shape index (κ3) is 5.17. The van der Waals surface area contributed by atoms with Gasteiger partial charge in [-0.2, -0.15) is 0 Å². The zero-order valence-corrected chi connectivity index (χ0v) is 31.3. The molecule has 1 aliphatic rings. The first-order chi connectivity index (χ1) is 28.7. The maximum Gasteiger partial charge on any atom is 0.159 e. The van der Waals surface area contributed by atoms with E-state index in [4.69, 9.17) is 14.4 Å². The second-order valence-corrected chi connectivity index (χ2v) is 15.0. The fourth-order valence-corrected chi connectivity index (χ4v) is 8.86. The van der Waals surface area contributed by atoms with Gasteiger partial charge < -0.3 is 14.3 Å². The first-order valence-corrected chi connectivity index (χ1v) is 19.7. The van der Waals surface area contributed by atoms with Gasteiger partial charge in [-0.1, -0.05) is 152 Å². The Hall–Kier alpha value is -7.76. The third-order valence-electron chi connectivity index (χ3n) is 11.6. The molecule has 0 amide bonds. The lowest BCUT2D eigenvalue weighted by atomic mass is 10.0. The van der Waals surface area contributed by atoms with E-state index in [-0.39, 0.29) is 6.17 Å². The highest BCUT2D eigenvalue weighted by atomic mass is 16.3. The number of nitrogens with one attached hydrogen (secondary N) is 1. The Morgan fingerprint density at radius 3 is 2.02 bits per heavy atom. The molecule has 0 saturated heterocycles. The molecule has 5 nitrogen and oxygen atoms in total. The summed E-state index contributed by atoms with van der Waals surface area (Å²) in [6, 6.07) is 68.6. The van der Waals surface area contributed by atoms with Gasteiger partial charge in [0, 0.05) is 32.8 Å². The standard InChI is InChI=1S/C53H34N4O/c1-3-14-33(15-4-1)36-21-13-22-39(28-36)52-54-51(35-17-5-2-6-18-35)55-53(56-52)45-32-40(31-44-49-41-23-10-9-16-34(41)26-27-48(49)58-50(44)45)57-46-25-12-11-24-42(46)43-29-37-19-7-8-20-38(37)30-47(43)57/h1-32,51H,(H,54,55,56). The van der Waals surface area contributed by atoms with Gasteiger partial charge >= 0.3 is 0 Å². The Bertz CT molecular complexity index is 3480. The van der Waals surface area contributed by atoms with Gasteiger partial charge in [-0.25, -0.2) is 9.98 Å². The summed E-state index contributed by atoms with van der Waals surface area (Å²) in [5.74, 6) is 1.36. The van der Waals surface area contributed by atoms with Crippen LogP contribution in [0.15, 0.2) is 209 Å². The normalized spacial score (nSPS) is 14.4. The molecule has 12 rings (SSSR count). The van der Waals surface area contributed by atoms with Crippen LogP contribution in [0, 0.1) is 0 Å². The van der Waals surface area contributed by atoms with E-state index in [2.05, 4.69) is 192 Å². The van der Waals surface area contributed by atoms with Crippen molar-refractivity contribution in [2.24, 2.45) is 9.98 Å². The fourth-order valence-electron chi connectivity index (χ4n) is 8.86. The molecule has 1 atom stereocenters. The SMILES string of the molecule is c1ccc(-c2cccc(C3=NC(c4ccccc4)NC(c4cc(-n5c6ccccc6c6cc7ccccc7cc65)cc5c4oc4ccc6ccccc6c45)=N3)c2)cc1. The Kier molecular flexibility index (Phi) is 7.23. The monoisotopic (exact) mass is 742 g/mol. The van der Waals surface area contributed by atoms with Crippen molar-refractivity contribution in [2.75, 3.05) is 0 Å². The first kappa shape index (κ1) is 32.5. The van der Waals surface area contributed by atoms with Crippen molar-refractivity contribution in [3.8, 4) is 16.8 Å². The van der Waals surface area contributed by atoms with E-state index in [1.54, 1.807) is 0 Å². The number of nitrogens with zero attached hydrogens (tertiary/aromatic N) is 3. The van der Waals surface area contributed by atoms with Crippen LogP contribution >= 0.6 is 0 Å². The van der Waals surface area contributed by atoms with Crippen LogP contribution in [-0.2, 0) is 0 Å². The second kappa shape index (κ2) is 12.9. The van der Waals surface area contributed by atoms with Crippen molar-refractivity contribution < 1.29 is 4.42 Å². The van der Waals surface area contributed by atoms with Crippen LogP contribution in [0.25, 0.3) is 82.1 Å². The summed E-state index contributed by atoms with van der Waals surface area (Å²) in [5.41, 5.74) is 10.0. The van der Waals surface area contributed by atoms with Crippen molar-refractivity contribution in [1.29, 1.82) is 0 Å². The molecule has 11 aromatic rings. The molecule has 0 radical (unpaired) electrons. The van der Waals surface area contributed by atoms with Crippen molar-refractivity contribution in [3.63, 3.8) is 0 Å². The van der Waals surface area contributed by atoms with Crippen LogP contribution in [0.1, 0.15) is 22.9 Å². The fraction of sp³-hybridized carbons (Fsp3) is 0.0189. The van der Waals surface area contributed by atoms with Gasteiger partial charge in [0.1, 0.15) is 23.2 Å². The van der Waals surface area contributed by atoms with Gasteiger partial charge in [0.25, 0.3) is 0 Å². The summed E-state index contributed by atoms with van der Waals surface area (Å²) in [6.07, 6.45) is -0.382. The van der Waals surface area contributed by atoms with E-state index >= 15 is 0 Å². The van der Waals surface area contributed by atoms with Gasteiger partial charge in [0.05, 0.1) is 16.6 Å². The van der Waals surface area contributed by atoms with Crippen molar-refractivity contribution >= 4 is 77.0 Å². The van der Waals surface area contributed by atoms with E-state index in [1.165, 1.54) is 21.5 Å². The smallest absolute Gasteiger partial charge is 0.159 e. The number of aliphatic imine (C=N–C) groups is 2. The van der Waals surface area contributed by atoms with E-state index in [0.717, 1.165) is 77.2 Å². The van der Waals surface area contributed by atoms with Gasteiger partial charge in [0.2, 0.25) is 0 Å². The predicted octanol–water partition coefficient (Wildman–Crippen LogP) is 13.2. The summed E-state index contributed by atoms with van der Waals surface area (Å²) in [6.45, 7) is 0. The van der Waals surface area contributed by atoms with Crippen LogP contribution in [-0.4, -0.2) is 16.2 Å². The average Bonchev–Trinajstić information content (AvgIpc) is 3.84. The maximum absolute atomic E-state index is 6.94. The molecule has 5 heteroatoms. The van der Waals surface area contributed by atoms with E-state index in [0.29, 0.717) is 11.7 Å². The van der Waals surface area contributed by atoms with Crippen LogP contribution in [0.5, 0.6) is 0 Å². The molecule has 272 valence electrons. The molecule has 58 heavy (non-hydrogen) atoms. The highest BCUT2D eigenvalue weighted by molar-refractivity contribution is 6.25.